The van der Waals surface area contributed by atoms with Gasteiger partial charge in [-0.3, -0.25) is 4.79 Å². The van der Waals surface area contributed by atoms with Gasteiger partial charge in [-0.1, -0.05) is 18.2 Å². The van der Waals surface area contributed by atoms with E-state index in [0.717, 1.165) is 5.75 Å². The fourth-order valence-electron chi connectivity index (χ4n) is 2.72. The summed E-state index contributed by atoms with van der Waals surface area (Å²) in [6.45, 7) is 0. The van der Waals surface area contributed by atoms with Crippen LogP contribution in [-0.4, -0.2) is 10.9 Å². The summed E-state index contributed by atoms with van der Waals surface area (Å²) in [5.41, 5.74) is 1.69. The SMILES string of the molecule is O=C(Nc1ccc(Oc2ccccc2)cc1)c1c[nH]c2cc(F)ccc12. The number of amides is 1. The number of benzene rings is 3. The van der Waals surface area contributed by atoms with E-state index in [1.54, 1.807) is 36.5 Å². The molecule has 1 amide bonds. The maximum Gasteiger partial charge on any atom is 0.257 e. The van der Waals surface area contributed by atoms with Crippen molar-refractivity contribution in [2.75, 3.05) is 5.32 Å². The minimum atomic E-state index is -0.347. The van der Waals surface area contributed by atoms with Gasteiger partial charge in [0.15, 0.2) is 0 Å². The van der Waals surface area contributed by atoms with Gasteiger partial charge in [0.25, 0.3) is 5.91 Å². The van der Waals surface area contributed by atoms with Gasteiger partial charge < -0.3 is 15.0 Å². The number of halogens is 1. The van der Waals surface area contributed by atoms with E-state index in [4.69, 9.17) is 4.74 Å². The predicted octanol–water partition coefficient (Wildman–Crippen LogP) is 5.35. The highest BCUT2D eigenvalue weighted by Gasteiger charge is 2.12. The zero-order valence-electron chi connectivity index (χ0n) is 13.7. The molecule has 26 heavy (non-hydrogen) atoms. The normalized spacial score (nSPS) is 10.7. The highest BCUT2D eigenvalue weighted by molar-refractivity contribution is 6.12. The Morgan fingerprint density at radius 3 is 2.42 bits per heavy atom. The first-order chi connectivity index (χ1) is 12.7. The molecule has 4 rings (SSSR count). The van der Waals surface area contributed by atoms with Gasteiger partial charge >= 0.3 is 0 Å². The average Bonchev–Trinajstić information content (AvgIpc) is 3.07. The maximum absolute atomic E-state index is 13.3. The van der Waals surface area contributed by atoms with Crippen LogP contribution in [0.2, 0.25) is 0 Å². The molecule has 0 fully saturated rings. The molecular weight excluding hydrogens is 331 g/mol. The van der Waals surface area contributed by atoms with E-state index in [1.807, 2.05) is 30.3 Å². The molecule has 3 aromatic carbocycles. The van der Waals surface area contributed by atoms with Crippen LogP contribution in [-0.2, 0) is 0 Å². The Morgan fingerprint density at radius 2 is 1.65 bits per heavy atom. The number of hydrogen-bond donors (Lipinski definition) is 2. The van der Waals surface area contributed by atoms with Crippen LogP contribution < -0.4 is 10.1 Å². The van der Waals surface area contributed by atoms with E-state index in [1.165, 1.54) is 12.1 Å². The van der Waals surface area contributed by atoms with E-state index in [2.05, 4.69) is 10.3 Å². The number of hydrogen-bond acceptors (Lipinski definition) is 2. The number of aromatic nitrogens is 1. The molecule has 0 unspecified atom stereocenters. The highest BCUT2D eigenvalue weighted by Crippen LogP contribution is 2.24. The second-order valence-corrected chi connectivity index (χ2v) is 5.79. The maximum atomic E-state index is 13.3. The van der Waals surface area contributed by atoms with Crippen LogP contribution in [0.1, 0.15) is 10.4 Å². The smallest absolute Gasteiger partial charge is 0.257 e. The summed E-state index contributed by atoms with van der Waals surface area (Å²) in [6, 6.07) is 20.9. The number of carbonyl (C=O) groups excluding carboxylic acids is 1. The molecule has 0 aliphatic heterocycles. The zero-order chi connectivity index (χ0) is 17.9. The van der Waals surface area contributed by atoms with Crippen molar-refractivity contribution in [3.05, 3.63) is 90.4 Å². The van der Waals surface area contributed by atoms with E-state index >= 15 is 0 Å². The van der Waals surface area contributed by atoms with Crippen LogP contribution in [0.25, 0.3) is 10.9 Å². The summed E-state index contributed by atoms with van der Waals surface area (Å²) in [7, 11) is 0. The van der Waals surface area contributed by atoms with Crippen molar-refractivity contribution in [3.8, 4) is 11.5 Å². The fraction of sp³-hybridized carbons (Fsp3) is 0. The molecular formula is C21H15FN2O2. The number of para-hydroxylation sites is 1. The molecule has 0 saturated carbocycles. The third-order valence-electron chi connectivity index (χ3n) is 3.98. The fourth-order valence-corrected chi connectivity index (χ4v) is 2.72. The molecule has 0 saturated heterocycles. The van der Waals surface area contributed by atoms with Crippen LogP contribution in [0.5, 0.6) is 11.5 Å². The lowest BCUT2D eigenvalue weighted by Crippen LogP contribution is -2.11. The highest BCUT2D eigenvalue weighted by atomic mass is 19.1. The molecule has 4 nitrogen and oxygen atoms in total. The number of nitrogens with one attached hydrogen (secondary N) is 2. The largest absolute Gasteiger partial charge is 0.457 e. The van der Waals surface area contributed by atoms with Gasteiger partial charge in [-0.25, -0.2) is 4.39 Å². The third-order valence-corrected chi connectivity index (χ3v) is 3.98. The molecule has 0 bridgehead atoms. The van der Waals surface area contributed by atoms with Crippen molar-refractivity contribution in [1.82, 2.24) is 4.98 Å². The second kappa shape index (κ2) is 6.72. The monoisotopic (exact) mass is 346 g/mol. The number of anilines is 1. The van der Waals surface area contributed by atoms with Crippen molar-refractivity contribution in [2.45, 2.75) is 0 Å². The van der Waals surface area contributed by atoms with Crippen LogP contribution in [0.4, 0.5) is 10.1 Å². The third kappa shape index (κ3) is 3.28. The lowest BCUT2D eigenvalue weighted by atomic mass is 10.1. The lowest BCUT2D eigenvalue weighted by Gasteiger charge is -2.08. The summed E-state index contributed by atoms with van der Waals surface area (Å²) in [6.07, 6.45) is 1.58. The Labute approximate surface area is 149 Å². The summed E-state index contributed by atoms with van der Waals surface area (Å²) < 4.78 is 19.0. The number of ether oxygens (including phenoxy) is 1. The van der Waals surface area contributed by atoms with Gasteiger partial charge in [0.05, 0.1) is 5.56 Å². The Hall–Kier alpha value is -3.60. The number of rotatable bonds is 4. The standard InChI is InChI=1S/C21H15FN2O2/c22-14-6-11-18-19(13-23-20(18)12-14)21(25)24-15-7-9-17(10-8-15)26-16-4-2-1-3-5-16/h1-13,23H,(H,24,25). The van der Waals surface area contributed by atoms with E-state index in [9.17, 15) is 9.18 Å². The molecule has 2 N–H and O–H groups in total. The lowest BCUT2D eigenvalue weighted by molar-refractivity contribution is 0.102. The molecule has 0 aliphatic carbocycles. The van der Waals surface area contributed by atoms with Crippen LogP contribution in [0, 0.1) is 5.82 Å². The van der Waals surface area contributed by atoms with Gasteiger partial charge in [0.1, 0.15) is 17.3 Å². The molecule has 1 heterocycles. The number of aromatic amines is 1. The van der Waals surface area contributed by atoms with Crippen molar-refractivity contribution in [2.24, 2.45) is 0 Å². The molecule has 0 spiro atoms. The van der Waals surface area contributed by atoms with Crippen LogP contribution in [0.15, 0.2) is 79.0 Å². The molecule has 0 atom stereocenters. The summed E-state index contributed by atoms with van der Waals surface area (Å²) in [5.74, 6) is 0.812. The quantitative estimate of drug-likeness (QED) is 0.523. The first kappa shape index (κ1) is 15.9. The van der Waals surface area contributed by atoms with Crippen molar-refractivity contribution in [1.29, 1.82) is 0 Å². The van der Waals surface area contributed by atoms with Crippen LogP contribution in [0.3, 0.4) is 0 Å². The molecule has 4 aromatic rings. The second-order valence-electron chi connectivity index (χ2n) is 5.79. The number of H-pyrrole nitrogens is 1. The van der Waals surface area contributed by atoms with Gasteiger partial charge in [-0.15, -0.1) is 0 Å². The van der Waals surface area contributed by atoms with Crippen molar-refractivity contribution < 1.29 is 13.9 Å². The molecule has 1 aromatic heterocycles. The van der Waals surface area contributed by atoms with E-state index in [-0.39, 0.29) is 11.7 Å². The first-order valence-electron chi connectivity index (χ1n) is 8.10. The van der Waals surface area contributed by atoms with Gasteiger partial charge in [0.2, 0.25) is 0 Å². The summed E-state index contributed by atoms with van der Waals surface area (Å²) >= 11 is 0. The van der Waals surface area contributed by atoms with Crippen molar-refractivity contribution >= 4 is 22.5 Å². The Kier molecular flexibility index (Phi) is 4.11. The van der Waals surface area contributed by atoms with Gasteiger partial charge in [-0.2, -0.15) is 0 Å². The Balaban J connectivity index is 1.49. The predicted molar refractivity (Wildman–Crippen MR) is 99.2 cm³/mol. The number of carbonyl (C=O) groups is 1. The minimum absolute atomic E-state index is 0.264. The van der Waals surface area contributed by atoms with Gasteiger partial charge in [-0.05, 0) is 54.6 Å². The molecule has 5 heteroatoms. The Bertz CT molecular complexity index is 1060. The Morgan fingerprint density at radius 1 is 0.923 bits per heavy atom. The molecule has 0 aliphatic rings. The average molecular weight is 346 g/mol. The molecule has 128 valence electrons. The topological polar surface area (TPSA) is 54.1 Å². The van der Waals surface area contributed by atoms with Crippen molar-refractivity contribution in [3.63, 3.8) is 0 Å². The van der Waals surface area contributed by atoms with E-state index in [0.29, 0.717) is 27.9 Å². The van der Waals surface area contributed by atoms with E-state index < -0.39 is 0 Å². The summed E-state index contributed by atoms with van der Waals surface area (Å²) in [5, 5.41) is 3.51. The number of fused-ring (bicyclic) bond motifs is 1. The molecule has 0 radical (unpaired) electrons. The zero-order valence-corrected chi connectivity index (χ0v) is 13.7. The first-order valence-corrected chi connectivity index (χ1v) is 8.10. The summed E-state index contributed by atoms with van der Waals surface area (Å²) in [4.78, 5) is 15.4. The minimum Gasteiger partial charge on any atom is -0.457 e. The van der Waals surface area contributed by atoms with Gasteiger partial charge in [0, 0.05) is 22.8 Å². The van der Waals surface area contributed by atoms with Crippen LogP contribution >= 0.6 is 0 Å².